The second kappa shape index (κ2) is 7.93. The minimum atomic E-state index is -2.99. The van der Waals surface area contributed by atoms with Gasteiger partial charge in [0.05, 0.1) is 5.75 Å². The van der Waals surface area contributed by atoms with Crippen LogP contribution >= 0.6 is 0 Å². The van der Waals surface area contributed by atoms with Crippen LogP contribution in [0.3, 0.4) is 0 Å². The van der Waals surface area contributed by atoms with Gasteiger partial charge in [-0.25, -0.2) is 12.7 Å². The van der Waals surface area contributed by atoms with Crippen LogP contribution in [0.25, 0.3) is 0 Å². The lowest BCUT2D eigenvalue weighted by Gasteiger charge is -2.37. The summed E-state index contributed by atoms with van der Waals surface area (Å²) < 4.78 is 26.1. The standard InChI is InChI=1S/C16H32N2O2S/c1-3-4-12-21(19,20)18-10-7-16(8-11-18)14-17-9-5-6-15(2)13-17/h15-16H,3-14H2,1-2H3. The van der Waals surface area contributed by atoms with Crippen LogP contribution in [-0.4, -0.2) is 56.1 Å². The molecule has 0 N–H and O–H groups in total. The monoisotopic (exact) mass is 316 g/mol. The van der Waals surface area contributed by atoms with Crippen molar-refractivity contribution in [1.82, 2.24) is 9.21 Å². The number of sulfonamides is 1. The fourth-order valence-electron chi connectivity index (χ4n) is 3.64. The quantitative estimate of drug-likeness (QED) is 0.756. The normalized spacial score (nSPS) is 27.0. The molecular formula is C16H32N2O2S. The molecule has 0 saturated carbocycles. The Morgan fingerprint density at radius 3 is 2.43 bits per heavy atom. The molecule has 0 aromatic carbocycles. The van der Waals surface area contributed by atoms with Crippen molar-refractivity contribution >= 4 is 10.0 Å². The minimum Gasteiger partial charge on any atom is -0.303 e. The van der Waals surface area contributed by atoms with E-state index >= 15 is 0 Å². The molecule has 0 aliphatic carbocycles. The van der Waals surface area contributed by atoms with Gasteiger partial charge in [-0.15, -0.1) is 0 Å². The fourth-order valence-corrected chi connectivity index (χ4v) is 5.32. The van der Waals surface area contributed by atoms with E-state index in [1.807, 2.05) is 6.92 Å². The summed E-state index contributed by atoms with van der Waals surface area (Å²) in [6, 6.07) is 0. The number of nitrogens with zero attached hydrogens (tertiary/aromatic N) is 2. The van der Waals surface area contributed by atoms with Crippen molar-refractivity contribution in [3.8, 4) is 0 Å². The van der Waals surface area contributed by atoms with E-state index in [-0.39, 0.29) is 0 Å². The molecule has 2 aliphatic rings. The molecule has 124 valence electrons. The zero-order chi connectivity index (χ0) is 15.3. The van der Waals surface area contributed by atoms with Crippen molar-refractivity contribution in [2.24, 2.45) is 11.8 Å². The zero-order valence-corrected chi connectivity index (χ0v) is 14.6. The lowest BCUT2D eigenvalue weighted by atomic mass is 9.94. The van der Waals surface area contributed by atoms with Crippen molar-refractivity contribution in [2.75, 3.05) is 38.5 Å². The summed E-state index contributed by atoms with van der Waals surface area (Å²) in [6.45, 7) is 9.50. The number of hydrogen-bond donors (Lipinski definition) is 0. The van der Waals surface area contributed by atoms with E-state index in [9.17, 15) is 8.42 Å². The highest BCUT2D eigenvalue weighted by Crippen LogP contribution is 2.24. The molecule has 21 heavy (non-hydrogen) atoms. The highest BCUT2D eigenvalue weighted by Gasteiger charge is 2.29. The molecule has 0 aromatic heterocycles. The van der Waals surface area contributed by atoms with Gasteiger partial charge < -0.3 is 4.90 Å². The number of unbranched alkanes of at least 4 members (excludes halogenated alkanes) is 1. The fraction of sp³-hybridized carbons (Fsp3) is 1.00. The summed E-state index contributed by atoms with van der Waals surface area (Å²) in [5.41, 5.74) is 0. The van der Waals surface area contributed by atoms with E-state index in [2.05, 4.69) is 11.8 Å². The molecule has 0 amide bonds. The first-order valence-electron chi connectivity index (χ1n) is 8.71. The topological polar surface area (TPSA) is 40.6 Å². The van der Waals surface area contributed by atoms with Crippen LogP contribution < -0.4 is 0 Å². The van der Waals surface area contributed by atoms with Crippen LogP contribution in [0.4, 0.5) is 0 Å². The van der Waals surface area contributed by atoms with Gasteiger partial charge in [0.1, 0.15) is 0 Å². The third-order valence-corrected chi connectivity index (χ3v) is 6.94. The van der Waals surface area contributed by atoms with Gasteiger partial charge in [0.2, 0.25) is 10.0 Å². The molecule has 5 heteroatoms. The molecule has 2 fully saturated rings. The van der Waals surface area contributed by atoms with Crippen LogP contribution in [0.2, 0.25) is 0 Å². The van der Waals surface area contributed by atoms with Crippen LogP contribution in [0.1, 0.15) is 52.4 Å². The van der Waals surface area contributed by atoms with E-state index in [1.54, 1.807) is 4.31 Å². The highest BCUT2D eigenvalue weighted by molar-refractivity contribution is 7.89. The number of piperidine rings is 2. The lowest BCUT2D eigenvalue weighted by molar-refractivity contribution is 0.136. The predicted octanol–water partition coefficient (Wildman–Crippen LogP) is 2.56. The van der Waals surface area contributed by atoms with Gasteiger partial charge in [-0.2, -0.15) is 0 Å². The average Bonchev–Trinajstić information content (AvgIpc) is 2.46. The molecule has 1 atom stereocenters. The van der Waals surface area contributed by atoms with Crippen molar-refractivity contribution in [2.45, 2.75) is 52.4 Å². The maximum Gasteiger partial charge on any atom is 0.214 e. The van der Waals surface area contributed by atoms with Gasteiger partial charge in [-0.1, -0.05) is 20.3 Å². The van der Waals surface area contributed by atoms with Gasteiger partial charge in [0, 0.05) is 26.2 Å². The number of rotatable bonds is 6. The third kappa shape index (κ3) is 5.22. The highest BCUT2D eigenvalue weighted by atomic mass is 32.2. The van der Waals surface area contributed by atoms with E-state index in [4.69, 9.17) is 0 Å². The van der Waals surface area contributed by atoms with Gasteiger partial charge in [0.15, 0.2) is 0 Å². The largest absolute Gasteiger partial charge is 0.303 e. The van der Waals surface area contributed by atoms with Gasteiger partial charge in [0.25, 0.3) is 0 Å². The summed E-state index contributed by atoms with van der Waals surface area (Å²) in [5, 5.41) is 0. The summed E-state index contributed by atoms with van der Waals surface area (Å²) >= 11 is 0. The predicted molar refractivity (Wildman–Crippen MR) is 87.8 cm³/mol. The second-order valence-electron chi connectivity index (χ2n) is 7.02. The zero-order valence-electron chi connectivity index (χ0n) is 13.8. The third-order valence-electron chi connectivity index (χ3n) is 4.98. The number of likely N-dealkylation sites (tertiary alicyclic amines) is 1. The smallest absolute Gasteiger partial charge is 0.214 e. The van der Waals surface area contributed by atoms with Crippen molar-refractivity contribution < 1.29 is 8.42 Å². The Morgan fingerprint density at radius 1 is 1.10 bits per heavy atom. The second-order valence-corrected chi connectivity index (χ2v) is 9.11. The first-order valence-corrected chi connectivity index (χ1v) is 10.3. The summed E-state index contributed by atoms with van der Waals surface area (Å²) in [6.07, 6.45) is 6.50. The average molecular weight is 317 g/mol. The van der Waals surface area contributed by atoms with E-state index in [0.717, 1.165) is 44.7 Å². The minimum absolute atomic E-state index is 0.331. The van der Waals surface area contributed by atoms with E-state index in [0.29, 0.717) is 11.7 Å². The molecule has 0 aromatic rings. The Hall–Kier alpha value is -0.130. The Kier molecular flexibility index (Phi) is 6.51. The lowest BCUT2D eigenvalue weighted by Crippen LogP contribution is -2.44. The first kappa shape index (κ1) is 17.2. The summed E-state index contributed by atoms with van der Waals surface area (Å²) in [5.74, 6) is 1.85. The maximum atomic E-state index is 12.2. The van der Waals surface area contributed by atoms with E-state index in [1.165, 1.54) is 32.5 Å². The number of hydrogen-bond acceptors (Lipinski definition) is 3. The van der Waals surface area contributed by atoms with Crippen LogP contribution in [-0.2, 0) is 10.0 Å². The maximum absolute atomic E-state index is 12.2. The Morgan fingerprint density at radius 2 is 1.81 bits per heavy atom. The van der Waals surface area contributed by atoms with Gasteiger partial charge in [-0.05, 0) is 50.5 Å². The molecule has 0 bridgehead atoms. The van der Waals surface area contributed by atoms with Crippen molar-refractivity contribution in [3.63, 3.8) is 0 Å². The molecule has 2 saturated heterocycles. The summed E-state index contributed by atoms with van der Waals surface area (Å²) in [4.78, 5) is 2.60. The molecule has 4 nitrogen and oxygen atoms in total. The molecule has 1 unspecified atom stereocenters. The van der Waals surface area contributed by atoms with Gasteiger partial charge >= 0.3 is 0 Å². The Labute approximate surface area is 130 Å². The summed E-state index contributed by atoms with van der Waals surface area (Å²) in [7, 11) is -2.99. The molecule has 2 heterocycles. The van der Waals surface area contributed by atoms with Crippen molar-refractivity contribution in [3.05, 3.63) is 0 Å². The van der Waals surface area contributed by atoms with Crippen LogP contribution in [0.15, 0.2) is 0 Å². The van der Waals surface area contributed by atoms with Crippen LogP contribution in [0.5, 0.6) is 0 Å². The van der Waals surface area contributed by atoms with E-state index < -0.39 is 10.0 Å². The first-order chi connectivity index (χ1) is 10.0. The van der Waals surface area contributed by atoms with Crippen LogP contribution in [0, 0.1) is 11.8 Å². The molecular weight excluding hydrogens is 284 g/mol. The molecule has 0 radical (unpaired) electrons. The van der Waals surface area contributed by atoms with Crippen molar-refractivity contribution in [1.29, 1.82) is 0 Å². The molecule has 2 aliphatic heterocycles. The Balaban J connectivity index is 1.75. The van der Waals surface area contributed by atoms with Gasteiger partial charge in [-0.3, -0.25) is 0 Å². The molecule has 2 rings (SSSR count). The SMILES string of the molecule is CCCCS(=O)(=O)N1CCC(CN2CCCC(C)C2)CC1. The molecule has 0 spiro atoms. The Bertz CT molecular complexity index is 403.